The van der Waals surface area contributed by atoms with Gasteiger partial charge in [-0.3, -0.25) is 4.79 Å². The molecule has 0 fully saturated rings. The number of hydrogen-bond acceptors (Lipinski definition) is 2. The molecule has 1 rings (SSSR count). The third-order valence-electron chi connectivity index (χ3n) is 1.87. The van der Waals surface area contributed by atoms with Crippen molar-refractivity contribution >= 4 is 29.0 Å². The molecular formula is C10H8Cl2F2O2. The predicted octanol–water partition coefficient (Wildman–Crippen LogP) is 4.19. The fraction of sp³-hybridized carbons (Fsp3) is 0.300. The number of carbonyl (C=O) groups is 1. The molecule has 0 aliphatic heterocycles. The molecule has 6 heteroatoms. The lowest BCUT2D eigenvalue weighted by atomic mass is 10.1. The van der Waals surface area contributed by atoms with Gasteiger partial charge in [-0.2, -0.15) is 8.78 Å². The van der Waals surface area contributed by atoms with Crippen molar-refractivity contribution in [1.29, 1.82) is 0 Å². The number of benzene rings is 1. The highest BCUT2D eigenvalue weighted by molar-refractivity contribution is 6.37. The number of rotatable bonds is 4. The summed E-state index contributed by atoms with van der Waals surface area (Å²) in [5.41, 5.74) is -0.100. The Morgan fingerprint density at radius 1 is 1.38 bits per heavy atom. The molecule has 0 amide bonds. The Kier molecular flexibility index (Phi) is 4.50. The first-order chi connectivity index (χ1) is 7.47. The molecule has 0 saturated carbocycles. The molecule has 1 aromatic rings. The van der Waals surface area contributed by atoms with Gasteiger partial charge in [0.2, 0.25) is 0 Å². The van der Waals surface area contributed by atoms with Gasteiger partial charge in [0.15, 0.2) is 11.5 Å². The van der Waals surface area contributed by atoms with Crippen LogP contribution in [0.5, 0.6) is 5.75 Å². The van der Waals surface area contributed by atoms with E-state index in [9.17, 15) is 13.6 Å². The quantitative estimate of drug-likeness (QED) is 0.766. The maximum absolute atomic E-state index is 12.1. The van der Waals surface area contributed by atoms with Gasteiger partial charge in [0.05, 0.1) is 15.6 Å². The second-order valence-electron chi connectivity index (χ2n) is 2.89. The Labute approximate surface area is 101 Å². The maximum atomic E-state index is 12.1. The van der Waals surface area contributed by atoms with Crippen LogP contribution in [0.15, 0.2) is 12.1 Å². The van der Waals surface area contributed by atoms with Crippen LogP contribution >= 0.6 is 23.2 Å². The lowest BCUT2D eigenvalue weighted by Crippen LogP contribution is -2.08. The normalized spacial score (nSPS) is 10.6. The lowest BCUT2D eigenvalue weighted by molar-refractivity contribution is -0.0500. The molecule has 0 aliphatic carbocycles. The fourth-order valence-corrected chi connectivity index (χ4v) is 1.63. The molecule has 0 atom stereocenters. The monoisotopic (exact) mass is 268 g/mol. The molecular weight excluding hydrogens is 261 g/mol. The minimum absolute atomic E-state index is 0.0481. The highest BCUT2D eigenvalue weighted by Gasteiger charge is 2.21. The van der Waals surface area contributed by atoms with Crippen molar-refractivity contribution in [2.24, 2.45) is 0 Å². The maximum Gasteiger partial charge on any atom is 0.387 e. The topological polar surface area (TPSA) is 26.3 Å². The molecule has 88 valence electrons. The van der Waals surface area contributed by atoms with Gasteiger partial charge < -0.3 is 4.74 Å². The largest absolute Gasteiger partial charge is 0.432 e. The Hall–Kier alpha value is -0.870. The van der Waals surface area contributed by atoms with Crippen LogP contribution in [0.2, 0.25) is 10.0 Å². The number of ketones is 1. The lowest BCUT2D eigenvalue weighted by Gasteiger charge is -2.12. The van der Waals surface area contributed by atoms with E-state index in [1.807, 2.05) is 0 Å². The molecule has 0 aliphatic rings. The van der Waals surface area contributed by atoms with Crippen LogP contribution < -0.4 is 4.74 Å². The Morgan fingerprint density at radius 2 is 1.94 bits per heavy atom. The summed E-state index contributed by atoms with van der Waals surface area (Å²) in [5.74, 6) is -0.765. The second kappa shape index (κ2) is 5.46. The van der Waals surface area contributed by atoms with Gasteiger partial charge in [-0.05, 0) is 12.1 Å². The first-order valence-electron chi connectivity index (χ1n) is 4.43. The molecule has 16 heavy (non-hydrogen) atoms. The van der Waals surface area contributed by atoms with Crippen LogP contribution in [0.3, 0.4) is 0 Å². The molecule has 0 saturated heterocycles. The number of alkyl halides is 2. The van der Waals surface area contributed by atoms with E-state index in [0.29, 0.717) is 0 Å². The zero-order chi connectivity index (χ0) is 12.3. The summed E-state index contributed by atoms with van der Waals surface area (Å²) >= 11 is 11.4. The standard InChI is InChI=1S/C10H8Cl2F2O2/c1-2-7(15)8-5(11)3-4-6(12)9(8)16-10(13)14/h3-4,10H,2H2,1H3. The predicted molar refractivity (Wildman–Crippen MR) is 57.7 cm³/mol. The summed E-state index contributed by atoms with van der Waals surface area (Å²) in [6, 6.07) is 2.67. The van der Waals surface area contributed by atoms with Gasteiger partial charge in [0, 0.05) is 6.42 Å². The second-order valence-corrected chi connectivity index (χ2v) is 3.70. The smallest absolute Gasteiger partial charge is 0.387 e. The summed E-state index contributed by atoms with van der Waals surface area (Å²) in [6.45, 7) is -1.47. The molecule has 0 aromatic heterocycles. The first kappa shape index (κ1) is 13.2. The average Bonchev–Trinajstić information content (AvgIpc) is 2.22. The van der Waals surface area contributed by atoms with Gasteiger partial charge in [-0.15, -0.1) is 0 Å². The van der Waals surface area contributed by atoms with E-state index in [1.54, 1.807) is 6.92 Å². The molecule has 0 unspecified atom stereocenters. The Balaban J connectivity index is 3.31. The van der Waals surface area contributed by atoms with E-state index in [-0.39, 0.29) is 27.8 Å². The zero-order valence-corrected chi connectivity index (χ0v) is 9.78. The summed E-state index contributed by atoms with van der Waals surface area (Å²) in [4.78, 5) is 11.5. The summed E-state index contributed by atoms with van der Waals surface area (Å²) < 4.78 is 28.5. The summed E-state index contributed by atoms with van der Waals surface area (Å²) in [6.07, 6.45) is 0.125. The van der Waals surface area contributed by atoms with Crippen LogP contribution in [0.4, 0.5) is 8.78 Å². The van der Waals surface area contributed by atoms with Crippen molar-refractivity contribution in [1.82, 2.24) is 0 Å². The molecule has 0 bridgehead atoms. The van der Waals surface area contributed by atoms with Crippen LogP contribution in [-0.2, 0) is 0 Å². The number of halogens is 4. The van der Waals surface area contributed by atoms with Crippen molar-refractivity contribution < 1.29 is 18.3 Å². The van der Waals surface area contributed by atoms with Crippen LogP contribution in [0.1, 0.15) is 23.7 Å². The minimum Gasteiger partial charge on any atom is -0.432 e. The summed E-state index contributed by atoms with van der Waals surface area (Å²) in [5, 5.41) is -0.0200. The molecule has 0 N–H and O–H groups in total. The molecule has 0 heterocycles. The van der Waals surface area contributed by atoms with Crippen LogP contribution in [0, 0.1) is 0 Å². The number of ether oxygens (including phenoxy) is 1. The average molecular weight is 269 g/mol. The number of Topliss-reactive ketones (excluding diaryl/α,β-unsaturated/α-hetero) is 1. The van der Waals surface area contributed by atoms with Crippen molar-refractivity contribution in [3.8, 4) is 5.75 Å². The molecule has 1 aromatic carbocycles. The van der Waals surface area contributed by atoms with E-state index >= 15 is 0 Å². The van der Waals surface area contributed by atoms with Gasteiger partial charge >= 0.3 is 6.61 Å². The number of carbonyl (C=O) groups excluding carboxylic acids is 1. The van der Waals surface area contributed by atoms with E-state index in [4.69, 9.17) is 23.2 Å². The van der Waals surface area contributed by atoms with Gasteiger partial charge in [0.25, 0.3) is 0 Å². The minimum atomic E-state index is -3.06. The SMILES string of the molecule is CCC(=O)c1c(Cl)ccc(Cl)c1OC(F)F. The zero-order valence-electron chi connectivity index (χ0n) is 8.27. The summed E-state index contributed by atoms with van der Waals surface area (Å²) in [7, 11) is 0. The van der Waals surface area contributed by atoms with Crippen molar-refractivity contribution in [2.45, 2.75) is 20.0 Å². The van der Waals surface area contributed by atoms with Gasteiger partial charge in [-0.1, -0.05) is 30.1 Å². The molecule has 2 nitrogen and oxygen atoms in total. The van der Waals surface area contributed by atoms with Crippen molar-refractivity contribution in [2.75, 3.05) is 0 Å². The highest BCUT2D eigenvalue weighted by atomic mass is 35.5. The van der Waals surface area contributed by atoms with Gasteiger partial charge in [-0.25, -0.2) is 0 Å². The van der Waals surface area contributed by atoms with E-state index in [0.717, 1.165) is 0 Å². The highest BCUT2D eigenvalue weighted by Crippen LogP contribution is 2.35. The van der Waals surface area contributed by atoms with E-state index in [2.05, 4.69) is 4.74 Å². The Bertz CT molecular complexity index is 408. The van der Waals surface area contributed by atoms with Crippen molar-refractivity contribution in [3.05, 3.63) is 27.7 Å². The van der Waals surface area contributed by atoms with E-state index < -0.39 is 12.4 Å². The van der Waals surface area contributed by atoms with Crippen LogP contribution in [0.25, 0.3) is 0 Å². The Morgan fingerprint density at radius 3 is 2.44 bits per heavy atom. The van der Waals surface area contributed by atoms with Crippen LogP contribution in [-0.4, -0.2) is 12.4 Å². The third-order valence-corrected chi connectivity index (χ3v) is 2.48. The first-order valence-corrected chi connectivity index (χ1v) is 5.19. The third kappa shape index (κ3) is 2.83. The van der Waals surface area contributed by atoms with Crippen molar-refractivity contribution in [3.63, 3.8) is 0 Å². The molecule has 0 radical (unpaired) electrons. The van der Waals surface area contributed by atoms with Gasteiger partial charge in [0.1, 0.15) is 0 Å². The van der Waals surface area contributed by atoms with E-state index in [1.165, 1.54) is 12.1 Å². The number of hydrogen-bond donors (Lipinski definition) is 0. The molecule has 0 spiro atoms. The fourth-order valence-electron chi connectivity index (χ4n) is 1.17.